The molecule has 0 bridgehead atoms. The maximum atomic E-state index is 14.0. The van der Waals surface area contributed by atoms with Crippen LogP contribution < -0.4 is 5.32 Å². The zero-order valence-electron chi connectivity index (χ0n) is 12.1. The fourth-order valence-corrected chi connectivity index (χ4v) is 3.13. The van der Waals surface area contributed by atoms with Gasteiger partial charge in [-0.05, 0) is 30.9 Å². The predicted octanol–water partition coefficient (Wildman–Crippen LogP) is 2.97. The van der Waals surface area contributed by atoms with E-state index in [1.165, 1.54) is 25.0 Å². The Morgan fingerprint density at radius 1 is 1.38 bits per heavy atom. The molecule has 0 radical (unpaired) electrons. The van der Waals surface area contributed by atoms with Crippen LogP contribution in [0.25, 0.3) is 0 Å². The van der Waals surface area contributed by atoms with Gasteiger partial charge in [0, 0.05) is 17.7 Å². The van der Waals surface area contributed by atoms with Crippen LogP contribution in [0, 0.1) is 17.6 Å². The number of carbonyl (C=O) groups is 1. The summed E-state index contributed by atoms with van der Waals surface area (Å²) in [5.74, 6) is -0.510. The van der Waals surface area contributed by atoms with Crippen molar-refractivity contribution in [2.75, 3.05) is 6.54 Å². The molecule has 1 saturated heterocycles. The highest BCUT2D eigenvalue weighted by Crippen LogP contribution is 2.38. The number of halogens is 2. The van der Waals surface area contributed by atoms with E-state index in [0.29, 0.717) is 11.5 Å². The summed E-state index contributed by atoms with van der Waals surface area (Å²) < 4.78 is 27.1. The van der Waals surface area contributed by atoms with E-state index < -0.39 is 17.8 Å². The molecule has 1 heterocycles. The quantitative estimate of drug-likeness (QED) is 0.905. The van der Waals surface area contributed by atoms with Gasteiger partial charge in [0.15, 0.2) is 0 Å². The van der Waals surface area contributed by atoms with Crippen molar-refractivity contribution in [1.82, 2.24) is 10.2 Å². The zero-order chi connectivity index (χ0) is 15.0. The molecule has 0 spiro atoms. The second-order valence-corrected chi connectivity index (χ2v) is 5.99. The highest BCUT2D eigenvalue weighted by atomic mass is 19.1. The molecule has 1 aromatic rings. The van der Waals surface area contributed by atoms with Gasteiger partial charge in [0.05, 0.1) is 6.54 Å². The Morgan fingerprint density at radius 3 is 2.76 bits per heavy atom. The first-order valence-electron chi connectivity index (χ1n) is 7.59. The van der Waals surface area contributed by atoms with Crippen molar-refractivity contribution in [3.63, 3.8) is 0 Å². The number of hydrogen-bond donors (Lipinski definition) is 1. The van der Waals surface area contributed by atoms with E-state index in [1.807, 2.05) is 0 Å². The van der Waals surface area contributed by atoms with Crippen molar-refractivity contribution in [2.45, 2.75) is 44.8 Å². The smallest absolute Gasteiger partial charge is 0.238 e. The van der Waals surface area contributed by atoms with Crippen LogP contribution in [0.4, 0.5) is 8.78 Å². The Morgan fingerprint density at radius 2 is 2.14 bits per heavy atom. The van der Waals surface area contributed by atoms with Crippen molar-refractivity contribution in [3.05, 3.63) is 35.4 Å². The van der Waals surface area contributed by atoms with Crippen LogP contribution in [0.5, 0.6) is 0 Å². The molecule has 0 aromatic heterocycles. The Hall–Kier alpha value is -1.49. The average molecular weight is 294 g/mol. The van der Waals surface area contributed by atoms with Crippen LogP contribution in [0.2, 0.25) is 0 Å². The summed E-state index contributed by atoms with van der Waals surface area (Å²) in [4.78, 5) is 14.0. The third-order valence-corrected chi connectivity index (χ3v) is 4.44. The number of carbonyl (C=O) groups excluding carboxylic acids is 1. The second kappa shape index (κ2) is 5.72. The molecule has 2 aliphatic rings. The predicted molar refractivity (Wildman–Crippen MR) is 75.4 cm³/mol. The standard InChI is InChI=1S/C16H20F2N2O/c1-2-12(7-10-3-4-10)20-15(21)9-19-16(20)13-6-5-11(17)8-14(13)18/h5-6,8,10,12,16,19H,2-4,7,9H2,1H3. The molecule has 21 heavy (non-hydrogen) atoms. The Bertz CT molecular complexity index is 545. The largest absolute Gasteiger partial charge is 0.319 e. The first kappa shape index (κ1) is 14.4. The molecule has 1 aliphatic heterocycles. The van der Waals surface area contributed by atoms with Gasteiger partial charge in [0.1, 0.15) is 17.8 Å². The van der Waals surface area contributed by atoms with Crippen molar-refractivity contribution in [1.29, 1.82) is 0 Å². The molecule has 1 N–H and O–H groups in total. The Labute approximate surface area is 123 Å². The summed E-state index contributed by atoms with van der Waals surface area (Å²) in [7, 11) is 0. The lowest BCUT2D eigenvalue weighted by Crippen LogP contribution is -2.40. The lowest BCUT2D eigenvalue weighted by molar-refractivity contribution is -0.130. The average Bonchev–Trinajstić information content (AvgIpc) is 3.19. The second-order valence-electron chi connectivity index (χ2n) is 5.99. The Balaban J connectivity index is 1.86. The summed E-state index contributed by atoms with van der Waals surface area (Å²) in [6, 6.07) is 3.66. The van der Waals surface area contributed by atoms with E-state index in [0.717, 1.165) is 18.9 Å². The van der Waals surface area contributed by atoms with E-state index >= 15 is 0 Å². The molecule has 114 valence electrons. The van der Waals surface area contributed by atoms with E-state index in [9.17, 15) is 13.6 Å². The summed E-state index contributed by atoms with van der Waals surface area (Å²) >= 11 is 0. The van der Waals surface area contributed by atoms with Crippen LogP contribution in [-0.2, 0) is 4.79 Å². The van der Waals surface area contributed by atoms with Gasteiger partial charge in [-0.25, -0.2) is 8.78 Å². The topological polar surface area (TPSA) is 32.3 Å². The minimum Gasteiger partial charge on any atom is -0.319 e. The number of rotatable bonds is 5. The summed E-state index contributed by atoms with van der Waals surface area (Å²) in [5, 5.41) is 3.06. The number of nitrogens with one attached hydrogen (secondary N) is 1. The number of nitrogens with zero attached hydrogens (tertiary/aromatic N) is 1. The summed E-state index contributed by atoms with van der Waals surface area (Å²) in [6.45, 7) is 2.26. The van der Waals surface area contributed by atoms with Crippen LogP contribution in [0.3, 0.4) is 0 Å². The van der Waals surface area contributed by atoms with Gasteiger partial charge in [0.25, 0.3) is 0 Å². The minimum absolute atomic E-state index is 0.00350. The Kier molecular flexibility index (Phi) is 3.93. The molecule has 1 aliphatic carbocycles. The maximum Gasteiger partial charge on any atom is 0.238 e. The number of hydrogen-bond acceptors (Lipinski definition) is 2. The van der Waals surface area contributed by atoms with Crippen molar-refractivity contribution in [2.24, 2.45) is 5.92 Å². The van der Waals surface area contributed by atoms with Gasteiger partial charge in [-0.15, -0.1) is 0 Å². The number of amides is 1. The molecule has 2 unspecified atom stereocenters. The van der Waals surface area contributed by atoms with Crippen molar-refractivity contribution in [3.8, 4) is 0 Å². The molecular formula is C16H20F2N2O. The molecular weight excluding hydrogens is 274 g/mol. The van der Waals surface area contributed by atoms with Crippen LogP contribution in [-0.4, -0.2) is 23.4 Å². The SMILES string of the molecule is CCC(CC1CC1)N1C(=O)CNC1c1ccc(F)cc1F. The zero-order valence-corrected chi connectivity index (χ0v) is 12.1. The normalized spacial score (nSPS) is 23.7. The van der Waals surface area contributed by atoms with E-state index in [-0.39, 0.29) is 18.5 Å². The first-order valence-corrected chi connectivity index (χ1v) is 7.59. The van der Waals surface area contributed by atoms with E-state index in [2.05, 4.69) is 12.2 Å². The van der Waals surface area contributed by atoms with Gasteiger partial charge in [0.2, 0.25) is 5.91 Å². The molecule has 2 fully saturated rings. The lowest BCUT2D eigenvalue weighted by atomic mass is 10.0. The van der Waals surface area contributed by atoms with Crippen molar-refractivity contribution >= 4 is 5.91 Å². The van der Waals surface area contributed by atoms with Gasteiger partial charge < -0.3 is 4.90 Å². The van der Waals surface area contributed by atoms with Gasteiger partial charge >= 0.3 is 0 Å². The summed E-state index contributed by atoms with van der Waals surface area (Å²) in [5.41, 5.74) is 0.344. The molecule has 1 amide bonds. The maximum absolute atomic E-state index is 14.0. The van der Waals surface area contributed by atoms with Gasteiger partial charge in [-0.1, -0.05) is 19.8 Å². The molecule has 5 heteroatoms. The molecule has 1 aromatic carbocycles. The van der Waals surface area contributed by atoms with Crippen LogP contribution in [0.15, 0.2) is 18.2 Å². The highest BCUT2D eigenvalue weighted by molar-refractivity contribution is 5.81. The van der Waals surface area contributed by atoms with Crippen molar-refractivity contribution < 1.29 is 13.6 Å². The third-order valence-electron chi connectivity index (χ3n) is 4.44. The monoisotopic (exact) mass is 294 g/mol. The highest BCUT2D eigenvalue weighted by Gasteiger charge is 2.39. The van der Waals surface area contributed by atoms with Crippen LogP contribution in [0.1, 0.15) is 44.3 Å². The van der Waals surface area contributed by atoms with E-state index in [4.69, 9.17) is 0 Å². The fourth-order valence-electron chi connectivity index (χ4n) is 3.13. The number of benzene rings is 1. The van der Waals surface area contributed by atoms with E-state index in [1.54, 1.807) is 4.90 Å². The van der Waals surface area contributed by atoms with Gasteiger partial charge in [-0.3, -0.25) is 10.1 Å². The molecule has 1 saturated carbocycles. The summed E-state index contributed by atoms with van der Waals surface area (Å²) in [6.07, 6.45) is 3.79. The fraction of sp³-hybridized carbons (Fsp3) is 0.562. The first-order chi connectivity index (χ1) is 10.1. The molecule has 2 atom stereocenters. The van der Waals surface area contributed by atoms with Crippen LogP contribution >= 0.6 is 0 Å². The van der Waals surface area contributed by atoms with Gasteiger partial charge in [-0.2, -0.15) is 0 Å². The third kappa shape index (κ3) is 2.93. The molecule has 3 nitrogen and oxygen atoms in total. The lowest BCUT2D eigenvalue weighted by Gasteiger charge is -2.32. The molecule has 3 rings (SSSR count). The minimum atomic E-state index is -0.603.